The average Bonchev–Trinajstić information content (AvgIpc) is 3.32. The first kappa shape index (κ1) is 22.6. The van der Waals surface area contributed by atoms with Gasteiger partial charge < -0.3 is 4.90 Å². The molecule has 1 aliphatic rings. The fraction of sp³-hybridized carbons (Fsp3) is 0.304. The van der Waals surface area contributed by atoms with Gasteiger partial charge in [-0.2, -0.15) is 0 Å². The van der Waals surface area contributed by atoms with Gasteiger partial charge in [0.15, 0.2) is 5.13 Å². The summed E-state index contributed by atoms with van der Waals surface area (Å²) in [6.07, 6.45) is 1.26. The summed E-state index contributed by atoms with van der Waals surface area (Å²) in [4.78, 5) is 47.1. The molecule has 166 valence electrons. The van der Waals surface area contributed by atoms with Gasteiger partial charge in [0, 0.05) is 29.4 Å². The Labute approximate surface area is 198 Å². The highest BCUT2D eigenvalue weighted by atomic mass is 79.9. The number of carbonyl (C=O) groups is 3. The molecule has 1 aliphatic heterocycles. The third-order valence-corrected chi connectivity index (χ3v) is 6.76. The number of amides is 3. The smallest absolute Gasteiger partial charge is 0.260 e. The first-order valence-electron chi connectivity index (χ1n) is 10.3. The Hall–Kier alpha value is -2.62. The van der Waals surface area contributed by atoms with Gasteiger partial charge in [-0.1, -0.05) is 27.3 Å². The van der Waals surface area contributed by atoms with Gasteiger partial charge in [-0.15, -0.1) is 0 Å². The number of benzene rings is 2. The highest BCUT2D eigenvalue weighted by Crippen LogP contribution is 2.32. The Balaban J connectivity index is 1.61. The fourth-order valence-electron chi connectivity index (χ4n) is 3.60. The number of rotatable bonds is 7. The number of halogens is 1. The number of imide groups is 1. The van der Waals surface area contributed by atoms with E-state index >= 15 is 0 Å². The van der Waals surface area contributed by atoms with Crippen LogP contribution in [0.1, 0.15) is 29.6 Å². The zero-order valence-corrected chi connectivity index (χ0v) is 20.3. The summed E-state index contributed by atoms with van der Waals surface area (Å²) in [5.41, 5.74) is 1.83. The fourth-order valence-corrected chi connectivity index (χ4v) is 5.15. The Bertz CT molecular complexity index is 1160. The van der Waals surface area contributed by atoms with Gasteiger partial charge in [0.1, 0.15) is 0 Å². The molecule has 0 unspecified atom stereocenters. The zero-order valence-electron chi connectivity index (χ0n) is 17.9. The number of fused-ring (bicyclic) bond motifs is 1. The lowest BCUT2D eigenvalue weighted by molar-refractivity contribution is -0.121. The van der Waals surface area contributed by atoms with E-state index in [9.17, 15) is 14.4 Å². The number of hydrogen-bond donors (Lipinski definition) is 0. The molecule has 3 aromatic rings. The minimum atomic E-state index is -0.208. The monoisotopic (exact) mass is 514 g/mol. The normalized spacial score (nSPS) is 14.1. The van der Waals surface area contributed by atoms with Crippen LogP contribution in [0.2, 0.25) is 0 Å². The van der Waals surface area contributed by atoms with Gasteiger partial charge >= 0.3 is 0 Å². The molecule has 0 aliphatic carbocycles. The van der Waals surface area contributed by atoms with Crippen LogP contribution in [-0.2, 0) is 9.59 Å². The molecule has 0 spiro atoms. The van der Waals surface area contributed by atoms with E-state index in [1.807, 2.05) is 32.3 Å². The second kappa shape index (κ2) is 9.48. The maximum Gasteiger partial charge on any atom is 0.260 e. The van der Waals surface area contributed by atoms with Gasteiger partial charge in [-0.25, -0.2) is 4.98 Å². The van der Waals surface area contributed by atoms with Crippen molar-refractivity contribution >= 4 is 66.0 Å². The summed E-state index contributed by atoms with van der Waals surface area (Å²) < 4.78 is 1.97. The maximum absolute atomic E-state index is 13.4. The molecule has 3 amide bonds. The summed E-state index contributed by atoms with van der Waals surface area (Å²) in [5, 5.41) is 0.649. The van der Waals surface area contributed by atoms with Crippen molar-refractivity contribution in [1.82, 2.24) is 9.88 Å². The van der Waals surface area contributed by atoms with E-state index in [0.717, 1.165) is 27.7 Å². The van der Waals surface area contributed by atoms with Crippen LogP contribution in [0.3, 0.4) is 0 Å². The minimum Gasteiger partial charge on any atom is -0.309 e. The number of anilines is 2. The van der Waals surface area contributed by atoms with E-state index in [0.29, 0.717) is 22.9 Å². The Morgan fingerprint density at radius 1 is 1.06 bits per heavy atom. The first-order valence-corrected chi connectivity index (χ1v) is 11.9. The summed E-state index contributed by atoms with van der Waals surface area (Å²) in [6, 6.07) is 12.5. The van der Waals surface area contributed by atoms with Gasteiger partial charge in [0.25, 0.3) is 5.91 Å². The second-order valence-corrected chi connectivity index (χ2v) is 9.82. The molecular weight excluding hydrogens is 492 g/mol. The third-order valence-electron chi connectivity index (χ3n) is 5.23. The van der Waals surface area contributed by atoms with Crippen LogP contribution >= 0.6 is 27.3 Å². The van der Waals surface area contributed by atoms with Crippen molar-refractivity contribution in [2.45, 2.75) is 19.3 Å². The summed E-state index contributed by atoms with van der Waals surface area (Å²) in [6.45, 7) is 1.38. The Kier molecular flexibility index (Phi) is 6.68. The van der Waals surface area contributed by atoms with E-state index in [-0.39, 0.29) is 30.6 Å². The number of aromatic nitrogens is 1. The zero-order chi connectivity index (χ0) is 22.8. The molecule has 32 heavy (non-hydrogen) atoms. The van der Waals surface area contributed by atoms with Gasteiger partial charge in [0.2, 0.25) is 11.8 Å². The molecule has 0 atom stereocenters. The molecule has 0 saturated carbocycles. The molecule has 4 rings (SSSR count). The molecule has 0 bridgehead atoms. The van der Waals surface area contributed by atoms with E-state index in [1.165, 1.54) is 16.2 Å². The van der Waals surface area contributed by atoms with E-state index in [4.69, 9.17) is 4.98 Å². The first-order chi connectivity index (χ1) is 15.3. The second-order valence-electron chi connectivity index (χ2n) is 7.89. The molecule has 1 saturated heterocycles. The van der Waals surface area contributed by atoms with Crippen molar-refractivity contribution in [3.05, 3.63) is 52.5 Å². The van der Waals surface area contributed by atoms with Crippen molar-refractivity contribution < 1.29 is 14.4 Å². The number of nitrogens with zero attached hydrogens (tertiary/aromatic N) is 4. The third kappa shape index (κ3) is 4.74. The summed E-state index contributed by atoms with van der Waals surface area (Å²) in [5.74, 6) is -0.576. The van der Waals surface area contributed by atoms with E-state index in [2.05, 4.69) is 20.8 Å². The lowest BCUT2D eigenvalue weighted by Gasteiger charge is -2.21. The van der Waals surface area contributed by atoms with Crippen LogP contribution in [0, 0.1) is 0 Å². The van der Waals surface area contributed by atoms with Crippen LogP contribution < -0.4 is 9.80 Å². The number of carbonyl (C=O) groups excluding carboxylic acids is 3. The summed E-state index contributed by atoms with van der Waals surface area (Å²) in [7, 11) is 4.00. The largest absolute Gasteiger partial charge is 0.309 e. The van der Waals surface area contributed by atoms with E-state index < -0.39 is 0 Å². The van der Waals surface area contributed by atoms with Crippen molar-refractivity contribution in [3.8, 4) is 0 Å². The highest BCUT2D eigenvalue weighted by Gasteiger charge is 2.30. The molecule has 1 fully saturated rings. The Morgan fingerprint density at radius 3 is 2.41 bits per heavy atom. The van der Waals surface area contributed by atoms with Gasteiger partial charge in [-0.05, 0) is 69.5 Å². The lowest BCUT2D eigenvalue weighted by atomic mass is 10.1. The van der Waals surface area contributed by atoms with Crippen molar-refractivity contribution in [2.75, 3.05) is 37.0 Å². The highest BCUT2D eigenvalue weighted by molar-refractivity contribution is 9.10. The minimum absolute atomic E-state index is 0.160. The average molecular weight is 515 g/mol. The van der Waals surface area contributed by atoms with Crippen LogP contribution in [0.4, 0.5) is 10.8 Å². The number of hydrogen-bond acceptors (Lipinski definition) is 6. The Morgan fingerprint density at radius 2 is 1.75 bits per heavy atom. The molecule has 9 heteroatoms. The van der Waals surface area contributed by atoms with Crippen molar-refractivity contribution in [2.24, 2.45) is 0 Å². The molecule has 2 heterocycles. The van der Waals surface area contributed by atoms with Crippen LogP contribution in [0.25, 0.3) is 10.2 Å². The quantitative estimate of drug-likeness (QED) is 0.439. The molecule has 0 radical (unpaired) electrons. The number of thiazole rings is 1. The van der Waals surface area contributed by atoms with Crippen LogP contribution in [-0.4, -0.2) is 54.8 Å². The molecule has 7 nitrogen and oxygen atoms in total. The lowest BCUT2D eigenvalue weighted by Crippen LogP contribution is -2.33. The predicted molar refractivity (Wildman–Crippen MR) is 130 cm³/mol. The SMILES string of the molecule is CN(C)CCCN(C(=O)c1ccc(N2C(=O)CCC2=O)cc1)c1nc2ccc(Br)cc2s1. The standard InChI is InChI=1S/C23H23BrN4O3S/c1-26(2)12-3-13-27(23-25-18-9-6-16(24)14-19(18)32-23)22(31)15-4-7-17(8-5-15)28-20(29)10-11-21(28)30/h4-9,14H,3,10-13H2,1-2H3. The summed E-state index contributed by atoms with van der Waals surface area (Å²) >= 11 is 4.96. The van der Waals surface area contributed by atoms with Gasteiger partial charge in [-0.3, -0.25) is 24.2 Å². The van der Waals surface area contributed by atoms with E-state index in [1.54, 1.807) is 29.2 Å². The molecule has 2 aromatic carbocycles. The topological polar surface area (TPSA) is 73.8 Å². The van der Waals surface area contributed by atoms with Gasteiger partial charge in [0.05, 0.1) is 15.9 Å². The predicted octanol–water partition coefficient (Wildman–Crippen LogP) is 4.31. The molecule has 0 N–H and O–H groups in total. The van der Waals surface area contributed by atoms with Crippen molar-refractivity contribution in [1.29, 1.82) is 0 Å². The molecule has 1 aromatic heterocycles. The maximum atomic E-state index is 13.4. The molecular formula is C23H23BrN4O3S. The van der Waals surface area contributed by atoms with Crippen molar-refractivity contribution in [3.63, 3.8) is 0 Å². The van der Waals surface area contributed by atoms with Crippen LogP contribution in [0.15, 0.2) is 46.9 Å². The van der Waals surface area contributed by atoms with Crippen LogP contribution in [0.5, 0.6) is 0 Å².